The molecule has 0 atom stereocenters. The van der Waals surface area contributed by atoms with Gasteiger partial charge in [0.2, 0.25) is 0 Å². The molecule has 2 rings (SSSR count). The summed E-state index contributed by atoms with van der Waals surface area (Å²) in [5.41, 5.74) is 2.22. The molecule has 0 N–H and O–H groups in total. The van der Waals surface area contributed by atoms with Crippen molar-refractivity contribution in [1.82, 2.24) is 14.5 Å². The first kappa shape index (κ1) is 14.3. The summed E-state index contributed by atoms with van der Waals surface area (Å²) >= 11 is 0. The van der Waals surface area contributed by atoms with Crippen LogP contribution in [0, 0.1) is 0 Å². The first-order chi connectivity index (χ1) is 9.69. The topological polar surface area (TPSA) is 47.4 Å². The number of likely N-dealkylation sites (N-methyl/N-ethyl adjacent to an activating group) is 1. The van der Waals surface area contributed by atoms with Gasteiger partial charge in [-0.15, -0.1) is 0 Å². The van der Waals surface area contributed by atoms with Crippen LogP contribution in [0.2, 0.25) is 0 Å². The fraction of sp³-hybridized carbons (Fsp3) is 0.333. The number of hydrogen-bond acceptors (Lipinski definition) is 4. The maximum Gasteiger partial charge on any atom is 0.320 e. The maximum atomic E-state index is 11.4. The van der Waals surface area contributed by atoms with Crippen LogP contribution in [0.15, 0.2) is 43.0 Å². The number of ether oxygens (including phenoxy) is 1. The van der Waals surface area contributed by atoms with Gasteiger partial charge in [0, 0.05) is 24.6 Å². The van der Waals surface area contributed by atoms with Gasteiger partial charge in [0.1, 0.15) is 0 Å². The van der Waals surface area contributed by atoms with Crippen molar-refractivity contribution in [2.45, 2.75) is 13.5 Å². The van der Waals surface area contributed by atoms with Gasteiger partial charge in [0.15, 0.2) is 0 Å². The quantitative estimate of drug-likeness (QED) is 0.754. The molecule has 20 heavy (non-hydrogen) atoms. The average Bonchev–Trinajstić information content (AvgIpc) is 2.93. The zero-order valence-electron chi connectivity index (χ0n) is 11.8. The van der Waals surface area contributed by atoms with Gasteiger partial charge in [-0.2, -0.15) is 0 Å². The van der Waals surface area contributed by atoms with E-state index >= 15 is 0 Å². The summed E-state index contributed by atoms with van der Waals surface area (Å²) in [7, 11) is 1.90. The van der Waals surface area contributed by atoms with Crippen molar-refractivity contribution in [2.75, 3.05) is 20.2 Å². The van der Waals surface area contributed by atoms with Crippen LogP contribution in [-0.4, -0.2) is 40.6 Å². The number of aromatic nitrogens is 2. The molecule has 0 saturated heterocycles. The van der Waals surface area contributed by atoms with Crippen LogP contribution in [0.4, 0.5) is 0 Å². The van der Waals surface area contributed by atoms with Crippen molar-refractivity contribution >= 4 is 5.97 Å². The summed E-state index contributed by atoms with van der Waals surface area (Å²) in [6, 6.07) is 8.18. The van der Waals surface area contributed by atoms with Gasteiger partial charge in [0.25, 0.3) is 0 Å². The Morgan fingerprint density at radius 3 is 2.70 bits per heavy atom. The van der Waals surface area contributed by atoms with Crippen molar-refractivity contribution in [2.24, 2.45) is 0 Å². The molecular weight excluding hydrogens is 254 g/mol. The highest BCUT2D eigenvalue weighted by Gasteiger charge is 2.07. The molecule has 0 aliphatic heterocycles. The molecule has 0 unspecified atom stereocenters. The molecular formula is C15H19N3O2. The Kier molecular flexibility index (Phi) is 4.90. The third-order valence-electron chi connectivity index (χ3n) is 2.90. The number of imidazole rings is 1. The lowest BCUT2D eigenvalue weighted by atomic mass is 10.2. The van der Waals surface area contributed by atoms with Crippen molar-refractivity contribution < 1.29 is 9.53 Å². The number of rotatable bonds is 6. The van der Waals surface area contributed by atoms with Crippen LogP contribution in [0.3, 0.4) is 0 Å². The van der Waals surface area contributed by atoms with Crippen LogP contribution >= 0.6 is 0 Å². The summed E-state index contributed by atoms with van der Waals surface area (Å²) < 4.78 is 6.88. The van der Waals surface area contributed by atoms with Crippen LogP contribution in [0.5, 0.6) is 0 Å². The lowest BCUT2D eigenvalue weighted by Gasteiger charge is -2.15. The standard InChI is InChI=1S/C15H19N3O2/c1-3-20-15(19)11-17(2)10-13-4-6-14(7-5-13)18-9-8-16-12-18/h4-9,12H,3,10-11H2,1-2H3. The van der Waals surface area contributed by atoms with E-state index < -0.39 is 0 Å². The molecule has 0 spiro atoms. The van der Waals surface area contributed by atoms with Crippen LogP contribution in [-0.2, 0) is 16.1 Å². The minimum atomic E-state index is -0.190. The fourth-order valence-corrected chi connectivity index (χ4v) is 1.98. The van der Waals surface area contributed by atoms with Crippen molar-refractivity contribution in [3.05, 3.63) is 48.5 Å². The van der Waals surface area contributed by atoms with Crippen LogP contribution < -0.4 is 0 Å². The number of esters is 1. The molecule has 0 aliphatic carbocycles. The lowest BCUT2D eigenvalue weighted by Crippen LogP contribution is -2.26. The largest absolute Gasteiger partial charge is 0.465 e. The van der Waals surface area contributed by atoms with Gasteiger partial charge in [-0.3, -0.25) is 9.69 Å². The Morgan fingerprint density at radius 2 is 2.10 bits per heavy atom. The van der Waals surface area contributed by atoms with Crippen LogP contribution in [0.25, 0.3) is 5.69 Å². The van der Waals surface area contributed by atoms with Crippen molar-refractivity contribution in [3.63, 3.8) is 0 Å². The second kappa shape index (κ2) is 6.86. The molecule has 1 aromatic carbocycles. The van der Waals surface area contributed by atoms with Gasteiger partial charge in [0.05, 0.1) is 19.5 Å². The Morgan fingerprint density at radius 1 is 1.35 bits per heavy atom. The molecule has 0 radical (unpaired) electrons. The van der Waals surface area contributed by atoms with E-state index in [1.165, 1.54) is 0 Å². The van der Waals surface area contributed by atoms with E-state index in [1.807, 2.05) is 41.8 Å². The Bertz CT molecular complexity index is 535. The Balaban J connectivity index is 1.92. The van der Waals surface area contributed by atoms with E-state index in [1.54, 1.807) is 12.5 Å². The molecule has 1 heterocycles. The molecule has 2 aromatic rings. The second-order valence-electron chi connectivity index (χ2n) is 4.61. The fourth-order valence-electron chi connectivity index (χ4n) is 1.98. The summed E-state index contributed by atoms with van der Waals surface area (Å²) in [6.45, 7) is 3.25. The molecule has 0 saturated carbocycles. The number of hydrogen-bond donors (Lipinski definition) is 0. The molecule has 5 heteroatoms. The van der Waals surface area contributed by atoms with E-state index in [0.717, 1.165) is 11.3 Å². The normalized spacial score (nSPS) is 10.8. The summed E-state index contributed by atoms with van der Waals surface area (Å²) in [4.78, 5) is 17.3. The average molecular weight is 273 g/mol. The van der Waals surface area contributed by atoms with Crippen molar-refractivity contribution in [1.29, 1.82) is 0 Å². The second-order valence-corrected chi connectivity index (χ2v) is 4.61. The highest BCUT2D eigenvalue weighted by molar-refractivity contribution is 5.71. The summed E-state index contributed by atoms with van der Waals surface area (Å²) in [5, 5.41) is 0. The van der Waals surface area contributed by atoms with E-state index in [9.17, 15) is 4.79 Å². The number of carbonyl (C=O) groups is 1. The Labute approximate surface area is 118 Å². The maximum absolute atomic E-state index is 11.4. The van der Waals surface area contributed by atoms with E-state index in [2.05, 4.69) is 17.1 Å². The van der Waals surface area contributed by atoms with Gasteiger partial charge in [-0.05, 0) is 31.7 Å². The highest BCUT2D eigenvalue weighted by Crippen LogP contribution is 2.10. The third kappa shape index (κ3) is 3.93. The zero-order valence-corrected chi connectivity index (χ0v) is 11.8. The summed E-state index contributed by atoms with van der Waals surface area (Å²) in [6.07, 6.45) is 5.42. The smallest absolute Gasteiger partial charge is 0.320 e. The molecule has 0 fully saturated rings. The zero-order chi connectivity index (χ0) is 14.4. The molecule has 1 aromatic heterocycles. The molecule has 5 nitrogen and oxygen atoms in total. The van der Waals surface area contributed by atoms with Gasteiger partial charge < -0.3 is 9.30 Å². The minimum absolute atomic E-state index is 0.190. The molecule has 0 amide bonds. The number of carbonyl (C=O) groups excluding carboxylic acids is 1. The predicted molar refractivity (Wildman–Crippen MR) is 76.5 cm³/mol. The third-order valence-corrected chi connectivity index (χ3v) is 2.90. The summed E-state index contributed by atoms with van der Waals surface area (Å²) in [5.74, 6) is -0.190. The molecule has 106 valence electrons. The van der Waals surface area contributed by atoms with E-state index in [0.29, 0.717) is 19.7 Å². The van der Waals surface area contributed by atoms with Crippen LogP contribution in [0.1, 0.15) is 12.5 Å². The predicted octanol–water partition coefficient (Wildman–Crippen LogP) is 1.87. The lowest BCUT2D eigenvalue weighted by molar-refractivity contribution is -0.144. The van der Waals surface area contributed by atoms with Gasteiger partial charge in [-0.1, -0.05) is 12.1 Å². The van der Waals surface area contributed by atoms with Crippen molar-refractivity contribution in [3.8, 4) is 5.69 Å². The van der Waals surface area contributed by atoms with E-state index in [-0.39, 0.29) is 5.97 Å². The molecule has 0 bridgehead atoms. The van der Waals surface area contributed by atoms with E-state index in [4.69, 9.17) is 4.74 Å². The highest BCUT2D eigenvalue weighted by atomic mass is 16.5. The molecule has 0 aliphatic rings. The first-order valence-corrected chi connectivity index (χ1v) is 6.60. The first-order valence-electron chi connectivity index (χ1n) is 6.60. The Hall–Kier alpha value is -2.14. The number of nitrogens with zero attached hydrogens (tertiary/aromatic N) is 3. The monoisotopic (exact) mass is 273 g/mol. The number of benzene rings is 1. The minimum Gasteiger partial charge on any atom is -0.465 e. The SMILES string of the molecule is CCOC(=O)CN(C)Cc1ccc(-n2ccnc2)cc1. The van der Waals surface area contributed by atoms with Gasteiger partial charge >= 0.3 is 5.97 Å². The van der Waals surface area contributed by atoms with Gasteiger partial charge in [-0.25, -0.2) is 4.98 Å².